The molecule has 1 aromatic rings. The van der Waals surface area contributed by atoms with Crippen molar-refractivity contribution < 1.29 is 19.1 Å². The van der Waals surface area contributed by atoms with Crippen molar-refractivity contribution in [2.24, 2.45) is 11.8 Å². The minimum absolute atomic E-state index is 0.00168. The van der Waals surface area contributed by atoms with Crippen molar-refractivity contribution in [1.29, 1.82) is 0 Å². The summed E-state index contributed by atoms with van der Waals surface area (Å²) in [6.07, 6.45) is 0.924. The highest BCUT2D eigenvalue weighted by atomic mass is 35.5. The van der Waals surface area contributed by atoms with Gasteiger partial charge in [0.05, 0.1) is 10.9 Å². The number of aliphatic hydroxyl groups is 1. The molecule has 0 spiro atoms. The number of piperidine rings is 1. The fourth-order valence-electron chi connectivity index (χ4n) is 4.11. The molecule has 2 amide bonds. The first kappa shape index (κ1) is 20.0. The van der Waals surface area contributed by atoms with Crippen molar-refractivity contribution in [3.8, 4) is 0 Å². The van der Waals surface area contributed by atoms with Crippen molar-refractivity contribution >= 4 is 29.1 Å². The van der Waals surface area contributed by atoms with Gasteiger partial charge >= 0.3 is 0 Å². The van der Waals surface area contributed by atoms with E-state index < -0.39 is 11.7 Å². The van der Waals surface area contributed by atoms with Crippen LogP contribution in [0, 0.1) is 17.7 Å². The third kappa shape index (κ3) is 4.10. The first-order valence-electron chi connectivity index (χ1n) is 9.13. The minimum atomic E-state index is -0.543. The van der Waals surface area contributed by atoms with Gasteiger partial charge in [0.25, 0.3) is 0 Å². The molecular formula is C19H25ClFN3O3. The van der Waals surface area contributed by atoms with Crippen LogP contribution in [0.3, 0.4) is 0 Å². The summed E-state index contributed by atoms with van der Waals surface area (Å²) in [4.78, 5) is 30.7. The molecule has 2 fully saturated rings. The summed E-state index contributed by atoms with van der Waals surface area (Å²) < 4.78 is 13.4. The number of halogens is 2. The third-order valence-corrected chi connectivity index (χ3v) is 5.88. The van der Waals surface area contributed by atoms with Gasteiger partial charge in [-0.15, -0.1) is 0 Å². The summed E-state index contributed by atoms with van der Waals surface area (Å²) in [6, 6.07) is 4.36. The topological polar surface area (TPSA) is 64.1 Å². The Kier molecular flexibility index (Phi) is 6.03. The summed E-state index contributed by atoms with van der Waals surface area (Å²) >= 11 is 5.82. The molecule has 1 N–H and O–H groups in total. The largest absolute Gasteiger partial charge is 0.396 e. The Bertz CT molecular complexity index is 730. The number of carbonyl (C=O) groups excluding carboxylic acids is 2. The molecular weight excluding hydrogens is 373 g/mol. The number of carbonyl (C=O) groups is 2. The van der Waals surface area contributed by atoms with Crippen LogP contribution >= 0.6 is 11.6 Å². The number of amides is 2. The van der Waals surface area contributed by atoms with Crippen molar-refractivity contribution in [2.75, 3.05) is 45.2 Å². The fraction of sp³-hybridized carbons (Fsp3) is 0.579. The molecule has 2 aliphatic heterocycles. The van der Waals surface area contributed by atoms with E-state index in [0.29, 0.717) is 18.8 Å². The Balaban J connectivity index is 1.68. The van der Waals surface area contributed by atoms with Gasteiger partial charge < -0.3 is 19.8 Å². The maximum absolute atomic E-state index is 13.4. The van der Waals surface area contributed by atoms with Crippen molar-refractivity contribution in [1.82, 2.24) is 9.80 Å². The molecule has 6 nitrogen and oxygen atoms in total. The number of hydrogen-bond acceptors (Lipinski definition) is 4. The van der Waals surface area contributed by atoms with Crippen LogP contribution < -0.4 is 4.90 Å². The standard InChI is InChI=1S/C19H25ClFN3O3/c1-22(2)17-5-6-23(9-13(17)11-25)19(27)12-7-18(26)24(10-12)14-3-4-16(21)15(20)8-14/h3-4,8,12-13,17,25H,5-7,9-11H2,1-2H3/t12?,13-,17-/m1/s1. The van der Waals surface area contributed by atoms with Gasteiger partial charge in [-0.1, -0.05) is 11.6 Å². The summed E-state index contributed by atoms with van der Waals surface area (Å²) in [7, 11) is 3.96. The monoisotopic (exact) mass is 397 g/mol. The quantitative estimate of drug-likeness (QED) is 0.838. The summed E-state index contributed by atoms with van der Waals surface area (Å²) in [5, 5.41) is 9.64. The lowest BCUT2D eigenvalue weighted by atomic mass is 9.91. The number of hydrogen-bond donors (Lipinski definition) is 1. The van der Waals surface area contributed by atoms with Gasteiger partial charge in [-0.25, -0.2) is 4.39 Å². The molecule has 2 heterocycles. The van der Waals surface area contributed by atoms with Gasteiger partial charge in [-0.3, -0.25) is 9.59 Å². The Labute approximate surface area is 163 Å². The van der Waals surface area contributed by atoms with Crippen LogP contribution in [0.2, 0.25) is 5.02 Å². The van der Waals surface area contributed by atoms with Gasteiger partial charge in [-0.05, 0) is 38.7 Å². The number of anilines is 1. The SMILES string of the molecule is CN(C)[C@@H]1CCN(C(=O)C2CC(=O)N(c3ccc(F)c(Cl)c3)C2)C[C@@H]1CO. The van der Waals surface area contributed by atoms with Gasteiger partial charge in [-0.2, -0.15) is 0 Å². The van der Waals surface area contributed by atoms with Crippen LogP contribution in [0.25, 0.3) is 0 Å². The van der Waals surface area contributed by atoms with E-state index in [4.69, 9.17) is 11.6 Å². The highest BCUT2D eigenvalue weighted by Crippen LogP contribution is 2.30. The van der Waals surface area contributed by atoms with Crippen molar-refractivity contribution in [3.63, 3.8) is 0 Å². The highest BCUT2D eigenvalue weighted by molar-refractivity contribution is 6.31. The number of benzene rings is 1. The molecule has 0 bridgehead atoms. The average Bonchev–Trinajstić information content (AvgIpc) is 3.04. The maximum Gasteiger partial charge on any atom is 0.228 e. The molecule has 0 radical (unpaired) electrons. The van der Waals surface area contributed by atoms with Gasteiger partial charge in [0.1, 0.15) is 5.82 Å². The smallest absolute Gasteiger partial charge is 0.228 e. The predicted octanol–water partition coefficient (Wildman–Crippen LogP) is 1.60. The van der Waals surface area contributed by atoms with Crippen LogP contribution in [-0.2, 0) is 9.59 Å². The maximum atomic E-state index is 13.4. The zero-order valence-electron chi connectivity index (χ0n) is 15.6. The van der Waals surface area contributed by atoms with E-state index in [9.17, 15) is 19.1 Å². The minimum Gasteiger partial charge on any atom is -0.396 e. The molecule has 2 saturated heterocycles. The fourth-order valence-corrected chi connectivity index (χ4v) is 4.29. The van der Waals surface area contributed by atoms with E-state index >= 15 is 0 Å². The van der Waals surface area contributed by atoms with Crippen molar-refractivity contribution in [2.45, 2.75) is 18.9 Å². The van der Waals surface area contributed by atoms with Crippen LogP contribution in [0.4, 0.5) is 10.1 Å². The number of aliphatic hydroxyl groups excluding tert-OH is 1. The van der Waals surface area contributed by atoms with Crippen LogP contribution in [0.5, 0.6) is 0 Å². The summed E-state index contributed by atoms with van der Waals surface area (Å²) in [5.41, 5.74) is 0.501. The summed E-state index contributed by atoms with van der Waals surface area (Å²) in [5.74, 6) is -1.20. The van der Waals surface area contributed by atoms with Gasteiger partial charge in [0, 0.05) is 50.3 Å². The zero-order valence-corrected chi connectivity index (χ0v) is 16.3. The van der Waals surface area contributed by atoms with Gasteiger partial charge in [0.15, 0.2) is 0 Å². The average molecular weight is 398 g/mol. The highest BCUT2D eigenvalue weighted by Gasteiger charge is 2.40. The first-order chi connectivity index (χ1) is 12.8. The molecule has 0 aromatic heterocycles. The second kappa shape index (κ2) is 8.12. The lowest BCUT2D eigenvalue weighted by molar-refractivity contribution is -0.139. The molecule has 2 aliphatic rings. The van der Waals surface area contributed by atoms with Crippen molar-refractivity contribution in [3.05, 3.63) is 29.0 Å². The number of rotatable bonds is 4. The molecule has 3 rings (SSSR count). The Morgan fingerprint density at radius 3 is 2.74 bits per heavy atom. The Hall–Kier alpha value is -1.70. The van der Waals surface area contributed by atoms with E-state index in [0.717, 1.165) is 6.42 Å². The predicted molar refractivity (Wildman–Crippen MR) is 101 cm³/mol. The molecule has 1 unspecified atom stereocenters. The molecule has 1 aromatic carbocycles. The second-order valence-corrected chi connectivity index (χ2v) is 7.96. The molecule has 148 valence electrons. The van der Waals surface area contributed by atoms with E-state index in [-0.39, 0.29) is 48.4 Å². The molecule has 0 saturated carbocycles. The Morgan fingerprint density at radius 2 is 2.11 bits per heavy atom. The lowest BCUT2D eigenvalue weighted by Crippen LogP contribution is -2.53. The Morgan fingerprint density at radius 1 is 1.37 bits per heavy atom. The zero-order chi connectivity index (χ0) is 19.7. The molecule has 0 aliphatic carbocycles. The van der Waals surface area contributed by atoms with Crippen LogP contribution in [0.15, 0.2) is 18.2 Å². The molecule has 27 heavy (non-hydrogen) atoms. The van der Waals surface area contributed by atoms with E-state index in [1.807, 2.05) is 14.1 Å². The summed E-state index contributed by atoms with van der Waals surface area (Å²) in [6.45, 7) is 1.39. The van der Waals surface area contributed by atoms with E-state index in [2.05, 4.69) is 4.90 Å². The number of likely N-dealkylation sites (tertiary alicyclic amines) is 1. The second-order valence-electron chi connectivity index (χ2n) is 7.55. The van der Waals surface area contributed by atoms with E-state index in [1.54, 1.807) is 4.90 Å². The van der Waals surface area contributed by atoms with Crippen LogP contribution in [0.1, 0.15) is 12.8 Å². The molecule has 3 atom stereocenters. The number of nitrogens with zero attached hydrogens (tertiary/aromatic N) is 3. The third-order valence-electron chi connectivity index (χ3n) is 5.59. The first-order valence-corrected chi connectivity index (χ1v) is 9.51. The lowest BCUT2D eigenvalue weighted by Gasteiger charge is -2.41. The van der Waals surface area contributed by atoms with Crippen LogP contribution in [-0.4, -0.2) is 73.1 Å². The van der Waals surface area contributed by atoms with E-state index in [1.165, 1.54) is 23.1 Å². The molecule has 8 heteroatoms. The van der Waals surface area contributed by atoms with Gasteiger partial charge in [0.2, 0.25) is 11.8 Å². The normalized spacial score (nSPS) is 26.1.